The number of aryl methyl sites for hydroxylation is 3. The van der Waals surface area contributed by atoms with E-state index in [0.29, 0.717) is 11.0 Å². The molecule has 0 aliphatic heterocycles. The quantitative estimate of drug-likeness (QED) is 0.601. The highest BCUT2D eigenvalue weighted by Crippen LogP contribution is 2.28. The number of rotatable bonds is 3. The van der Waals surface area contributed by atoms with Gasteiger partial charge in [-0.2, -0.15) is 0 Å². The zero-order valence-electron chi connectivity index (χ0n) is 14.9. The maximum Gasteiger partial charge on any atom is 0.337 e. The van der Waals surface area contributed by atoms with E-state index in [9.17, 15) is 9.90 Å². The van der Waals surface area contributed by atoms with Crippen LogP contribution in [0.25, 0.3) is 27.8 Å². The molecule has 2 aromatic carbocycles. The van der Waals surface area contributed by atoms with Crippen molar-refractivity contribution in [1.29, 1.82) is 0 Å². The summed E-state index contributed by atoms with van der Waals surface area (Å²) in [6, 6.07) is 16.0. The lowest BCUT2D eigenvalue weighted by atomic mass is 10.0. The molecule has 1 N–H and O–H groups in total. The van der Waals surface area contributed by atoms with Gasteiger partial charge in [0.15, 0.2) is 0 Å². The van der Waals surface area contributed by atoms with Gasteiger partial charge in [0.05, 0.1) is 22.9 Å². The first kappa shape index (κ1) is 16.1. The SMILES string of the molecule is Cc1ccc(C)n1-c1ccc(-c2cc(C(=O)O)c3c(c2)ncn3C)cc1. The second kappa shape index (κ2) is 5.88. The molecule has 0 aliphatic carbocycles. The van der Waals surface area contributed by atoms with Gasteiger partial charge in [-0.15, -0.1) is 0 Å². The van der Waals surface area contributed by atoms with Gasteiger partial charge in [-0.3, -0.25) is 0 Å². The van der Waals surface area contributed by atoms with Gasteiger partial charge in [-0.05, 0) is 61.4 Å². The van der Waals surface area contributed by atoms with E-state index in [-0.39, 0.29) is 5.56 Å². The first-order valence-electron chi connectivity index (χ1n) is 8.40. The largest absolute Gasteiger partial charge is 0.478 e. The van der Waals surface area contributed by atoms with Crippen LogP contribution < -0.4 is 0 Å². The van der Waals surface area contributed by atoms with Crippen molar-refractivity contribution in [3.63, 3.8) is 0 Å². The third kappa shape index (κ3) is 2.49. The van der Waals surface area contributed by atoms with Crippen molar-refractivity contribution in [2.24, 2.45) is 7.05 Å². The third-order valence-corrected chi connectivity index (χ3v) is 4.77. The van der Waals surface area contributed by atoms with Gasteiger partial charge < -0.3 is 14.2 Å². The number of carboxylic acids is 1. The van der Waals surface area contributed by atoms with Gasteiger partial charge in [-0.25, -0.2) is 9.78 Å². The highest BCUT2D eigenvalue weighted by molar-refractivity contribution is 6.03. The molecule has 5 nitrogen and oxygen atoms in total. The minimum absolute atomic E-state index is 0.263. The van der Waals surface area contributed by atoms with Crippen LogP contribution in [0.2, 0.25) is 0 Å². The van der Waals surface area contributed by atoms with Gasteiger partial charge in [0.1, 0.15) is 0 Å². The van der Waals surface area contributed by atoms with Crippen molar-refractivity contribution >= 4 is 17.0 Å². The Hall–Kier alpha value is -3.34. The average Bonchev–Trinajstić information content (AvgIpc) is 3.17. The maximum atomic E-state index is 11.7. The van der Waals surface area contributed by atoms with Crippen LogP contribution in [0.5, 0.6) is 0 Å². The first-order chi connectivity index (χ1) is 12.5. The van der Waals surface area contributed by atoms with E-state index in [0.717, 1.165) is 16.8 Å². The summed E-state index contributed by atoms with van der Waals surface area (Å²) in [5, 5.41) is 9.58. The molecule has 0 saturated carbocycles. The Bertz CT molecular complexity index is 1110. The minimum atomic E-state index is -0.948. The standard InChI is InChI=1S/C21H19N3O2/c1-13-4-5-14(2)24(13)17-8-6-15(7-9-17)16-10-18(21(25)26)20-19(11-16)22-12-23(20)3/h4-12H,1-3H3,(H,25,26). The third-order valence-electron chi connectivity index (χ3n) is 4.77. The van der Waals surface area contributed by atoms with Gasteiger partial charge in [0.25, 0.3) is 0 Å². The number of carboxylic acid groups (broad SMARTS) is 1. The zero-order chi connectivity index (χ0) is 18.4. The van der Waals surface area contributed by atoms with Crippen LogP contribution in [0.3, 0.4) is 0 Å². The van der Waals surface area contributed by atoms with E-state index < -0.39 is 5.97 Å². The van der Waals surface area contributed by atoms with E-state index in [1.807, 2.05) is 18.2 Å². The minimum Gasteiger partial charge on any atom is -0.478 e. The molecule has 26 heavy (non-hydrogen) atoms. The number of benzene rings is 2. The Balaban J connectivity index is 1.82. The average molecular weight is 345 g/mol. The Morgan fingerprint density at radius 3 is 2.23 bits per heavy atom. The fourth-order valence-corrected chi connectivity index (χ4v) is 3.50. The van der Waals surface area contributed by atoms with E-state index in [4.69, 9.17) is 0 Å². The second-order valence-electron chi connectivity index (χ2n) is 6.55. The van der Waals surface area contributed by atoms with Crippen molar-refractivity contribution in [1.82, 2.24) is 14.1 Å². The lowest BCUT2D eigenvalue weighted by Crippen LogP contribution is -2.01. The summed E-state index contributed by atoms with van der Waals surface area (Å²) in [5.74, 6) is -0.948. The molecule has 0 saturated heterocycles. The van der Waals surface area contributed by atoms with Crippen molar-refractivity contribution in [3.05, 3.63) is 71.8 Å². The number of aromatic carboxylic acids is 1. The summed E-state index contributed by atoms with van der Waals surface area (Å²) in [5.41, 5.74) is 6.84. The van der Waals surface area contributed by atoms with Crippen molar-refractivity contribution in [3.8, 4) is 16.8 Å². The number of aromatic nitrogens is 3. The zero-order valence-corrected chi connectivity index (χ0v) is 14.9. The lowest BCUT2D eigenvalue weighted by molar-refractivity contribution is 0.0698. The summed E-state index contributed by atoms with van der Waals surface area (Å²) in [7, 11) is 1.80. The van der Waals surface area contributed by atoms with Crippen LogP contribution >= 0.6 is 0 Å². The molecular formula is C21H19N3O2. The molecule has 5 heteroatoms. The maximum absolute atomic E-state index is 11.7. The van der Waals surface area contributed by atoms with E-state index in [1.165, 1.54) is 11.4 Å². The van der Waals surface area contributed by atoms with Crippen LogP contribution in [0, 0.1) is 13.8 Å². The molecular weight excluding hydrogens is 326 g/mol. The highest BCUT2D eigenvalue weighted by atomic mass is 16.4. The highest BCUT2D eigenvalue weighted by Gasteiger charge is 2.15. The van der Waals surface area contributed by atoms with Crippen LogP contribution in [-0.4, -0.2) is 25.2 Å². The normalized spacial score (nSPS) is 11.2. The van der Waals surface area contributed by atoms with Crippen LogP contribution in [-0.2, 0) is 7.05 Å². The molecule has 0 fully saturated rings. The van der Waals surface area contributed by atoms with Gasteiger partial charge in [-0.1, -0.05) is 12.1 Å². The topological polar surface area (TPSA) is 60.1 Å². The Morgan fingerprint density at radius 2 is 1.62 bits per heavy atom. The predicted molar refractivity (Wildman–Crippen MR) is 102 cm³/mol. The number of hydrogen-bond acceptors (Lipinski definition) is 2. The smallest absolute Gasteiger partial charge is 0.337 e. The summed E-state index contributed by atoms with van der Waals surface area (Å²) >= 11 is 0. The van der Waals surface area contributed by atoms with Crippen LogP contribution in [0.1, 0.15) is 21.7 Å². The molecule has 0 aliphatic rings. The monoisotopic (exact) mass is 345 g/mol. The van der Waals surface area contributed by atoms with Crippen LogP contribution in [0.15, 0.2) is 54.9 Å². The molecule has 2 aromatic heterocycles. The lowest BCUT2D eigenvalue weighted by Gasteiger charge is -2.11. The van der Waals surface area contributed by atoms with E-state index in [2.05, 4.69) is 47.7 Å². The van der Waals surface area contributed by atoms with Gasteiger partial charge in [0, 0.05) is 24.1 Å². The number of hydrogen-bond donors (Lipinski definition) is 1. The molecule has 4 aromatic rings. The summed E-state index contributed by atoms with van der Waals surface area (Å²) in [4.78, 5) is 16.0. The molecule has 0 spiro atoms. The Labute approximate surface area is 151 Å². The second-order valence-corrected chi connectivity index (χ2v) is 6.55. The van der Waals surface area contributed by atoms with Crippen LogP contribution in [0.4, 0.5) is 0 Å². The first-order valence-corrected chi connectivity index (χ1v) is 8.40. The molecule has 130 valence electrons. The van der Waals surface area contributed by atoms with Gasteiger partial charge in [0.2, 0.25) is 0 Å². The summed E-state index contributed by atoms with van der Waals surface area (Å²) < 4.78 is 3.93. The summed E-state index contributed by atoms with van der Waals surface area (Å²) in [6.45, 7) is 4.16. The molecule has 0 bridgehead atoms. The molecule has 2 heterocycles. The Kier molecular flexibility index (Phi) is 3.65. The molecule has 0 amide bonds. The van der Waals surface area contributed by atoms with Crippen molar-refractivity contribution in [2.45, 2.75) is 13.8 Å². The van der Waals surface area contributed by atoms with E-state index in [1.54, 1.807) is 24.0 Å². The predicted octanol–water partition coefficient (Wildman–Crippen LogP) is 4.35. The fourth-order valence-electron chi connectivity index (χ4n) is 3.50. The fraction of sp³-hybridized carbons (Fsp3) is 0.143. The Morgan fingerprint density at radius 1 is 0.962 bits per heavy atom. The molecule has 4 rings (SSSR count). The number of carbonyl (C=O) groups is 1. The van der Waals surface area contributed by atoms with E-state index >= 15 is 0 Å². The molecule has 0 atom stereocenters. The van der Waals surface area contributed by atoms with Crippen molar-refractivity contribution in [2.75, 3.05) is 0 Å². The summed E-state index contributed by atoms with van der Waals surface area (Å²) in [6.07, 6.45) is 1.64. The molecule has 0 radical (unpaired) electrons. The number of fused-ring (bicyclic) bond motifs is 1. The van der Waals surface area contributed by atoms with Gasteiger partial charge >= 0.3 is 5.97 Å². The number of nitrogens with zero attached hydrogens (tertiary/aromatic N) is 3. The van der Waals surface area contributed by atoms with Crippen molar-refractivity contribution < 1.29 is 9.90 Å². The molecule has 0 unspecified atom stereocenters. The number of imidazole rings is 1.